The Morgan fingerprint density at radius 2 is 1.37 bits per heavy atom. The van der Waals surface area contributed by atoms with E-state index >= 15 is 0 Å². The Morgan fingerprint density at radius 1 is 0.947 bits per heavy atom. The third-order valence-corrected chi connectivity index (χ3v) is 2.36. The van der Waals surface area contributed by atoms with E-state index in [2.05, 4.69) is 6.92 Å². The highest BCUT2D eigenvalue weighted by molar-refractivity contribution is 5.68. The first kappa shape index (κ1) is 17.5. The largest absolute Gasteiger partial charge is 0.413 e. The molecule has 0 spiro atoms. The molecule has 0 heterocycles. The number of nitrogens with zero attached hydrogens (tertiary/aromatic N) is 3. The summed E-state index contributed by atoms with van der Waals surface area (Å²) in [5.41, 5.74) is 0. The van der Waals surface area contributed by atoms with Gasteiger partial charge in [-0.1, -0.05) is 13.3 Å². The first-order chi connectivity index (χ1) is 8.79. The van der Waals surface area contributed by atoms with Gasteiger partial charge in [-0.05, 0) is 13.5 Å². The van der Waals surface area contributed by atoms with E-state index in [1.165, 1.54) is 9.80 Å². The molecular formula is C12H25N3O4. The van der Waals surface area contributed by atoms with Crippen LogP contribution in [0.1, 0.15) is 19.8 Å². The summed E-state index contributed by atoms with van der Waals surface area (Å²) in [7, 11) is 8.02. The molecule has 0 fully saturated rings. The van der Waals surface area contributed by atoms with E-state index in [9.17, 15) is 9.59 Å². The second-order valence-corrected chi connectivity index (χ2v) is 4.70. The Morgan fingerprint density at radius 3 is 1.68 bits per heavy atom. The van der Waals surface area contributed by atoms with Crippen LogP contribution in [0.2, 0.25) is 0 Å². The zero-order valence-electron chi connectivity index (χ0n) is 12.7. The van der Waals surface area contributed by atoms with Crippen molar-refractivity contribution in [3.63, 3.8) is 0 Å². The van der Waals surface area contributed by atoms with Crippen molar-refractivity contribution in [2.24, 2.45) is 0 Å². The number of amides is 2. The maximum absolute atomic E-state index is 11.6. The Bertz CT molecular complexity index is 273. The molecule has 0 rings (SSSR count). The van der Waals surface area contributed by atoms with Gasteiger partial charge in [-0.2, -0.15) is 0 Å². The summed E-state index contributed by atoms with van der Waals surface area (Å²) >= 11 is 0. The Labute approximate surface area is 115 Å². The number of unbranched alkanes of at least 4 members (excludes halogenated alkanes) is 1. The van der Waals surface area contributed by atoms with Crippen LogP contribution in [-0.2, 0) is 9.47 Å². The van der Waals surface area contributed by atoms with E-state index in [0.717, 1.165) is 12.8 Å². The molecule has 0 aliphatic heterocycles. The average molecular weight is 275 g/mol. The zero-order valence-corrected chi connectivity index (χ0v) is 12.7. The molecule has 0 N–H and O–H groups in total. The van der Waals surface area contributed by atoms with Gasteiger partial charge in [-0.25, -0.2) is 14.5 Å². The topological polar surface area (TPSA) is 62.3 Å². The van der Waals surface area contributed by atoms with Gasteiger partial charge in [-0.3, -0.25) is 0 Å². The molecule has 0 aromatic heterocycles. The molecule has 7 nitrogen and oxygen atoms in total. The van der Waals surface area contributed by atoms with E-state index in [4.69, 9.17) is 9.47 Å². The molecule has 7 heteroatoms. The minimum Gasteiger partial charge on any atom is -0.394 e. The summed E-state index contributed by atoms with van der Waals surface area (Å²) in [5.74, 6) is 0. The number of carbonyl (C=O) groups is 2. The predicted molar refractivity (Wildman–Crippen MR) is 71.7 cm³/mol. The zero-order chi connectivity index (χ0) is 15.0. The van der Waals surface area contributed by atoms with Crippen LogP contribution in [0.15, 0.2) is 0 Å². The molecule has 0 radical (unpaired) electrons. The van der Waals surface area contributed by atoms with Crippen molar-refractivity contribution >= 4 is 12.2 Å². The molecule has 0 saturated heterocycles. The van der Waals surface area contributed by atoms with Gasteiger partial charge in [0.15, 0.2) is 0 Å². The van der Waals surface area contributed by atoms with Gasteiger partial charge >= 0.3 is 18.6 Å². The minimum absolute atomic E-state index is 0.556. The summed E-state index contributed by atoms with van der Waals surface area (Å²) in [6.45, 7) is 2.73. The fourth-order valence-corrected chi connectivity index (χ4v) is 1.10. The summed E-state index contributed by atoms with van der Waals surface area (Å²) < 4.78 is 10.3. The predicted octanol–water partition coefficient (Wildman–Crippen LogP) is 1.40. The molecular weight excluding hydrogens is 250 g/mol. The van der Waals surface area contributed by atoms with Gasteiger partial charge < -0.3 is 19.3 Å². The van der Waals surface area contributed by atoms with Crippen LogP contribution in [-0.4, -0.2) is 75.1 Å². The van der Waals surface area contributed by atoms with Crippen LogP contribution < -0.4 is 0 Å². The van der Waals surface area contributed by atoms with Gasteiger partial charge in [0.25, 0.3) is 0 Å². The summed E-state index contributed by atoms with van der Waals surface area (Å²) in [6.07, 6.45) is -0.206. The van der Waals surface area contributed by atoms with Crippen molar-refractivity contribution in [1.82, 2.24) is 14.7 Å². The van der Waals surface area contributed by atoms with Crippen molar-refractivity contribution in [2.75, 3.05) is 41.8 Å². The third-order valence-electron chi connectivity index (χ3n) is 2.36. The molecule has 112 valence electrons. The van der Waals surface area contributed by atoms with E-state index in [1.807, 2.05) is 0 Å². The third kappa shape index (κ3) is 6.85. The van der Waals surface area contributed by atoms with E-state index in [1.54, 1.807) is 40.1 Å². The van der Waals surface area contributed by atoms with Crippen molar-refractivity contribution in [3.05, 3.63) is 0 Å². The lowest BCUT2D eigenvalue weighted by Gasteiger charge is -2.28. The molecule has 0 atom stereocenters. The normalized spacial score (nSPS) is 10.5. The molecule has 0 bridgehead atoms. The van der Waals surface area contributed by atoms with Crippen LogP contribution in [0.3, 0.4) is 0 Å². The fraction of sp³-hybridized carbons (Fsp3) is 0.833. The van der Waals surface area contributed by atoms with Crippen LogP contribution in [0, 0.1) is 0 Å². The minimum atomic E-state index is -1.02. The average Bonchev–Trinajstić information content (AvgIpc) is 2.34. The quantitative estimate of drug-likeness (QED) is 0.686. The number of hydrogen-bond acceptors (Lipinski definition) is 5. The van der Waals surface area contributed by atoms with Crippen LogP contribution in [0.25, 0.3) is 0 Å². The van der Waals surface area contributed by atoms with E-state index < -0.39 is 18.6 Å². The van der Waals surface area contributed by atoms with Crippen molar-refractivity contribution in [1.29, 1.82) is 0 Å². The first-order valence-corrected chi connectivity index (χ1v) is 6.25. The van der Waals surface area contributed by atoms with E-state index in [-0.39, 0.29) is 0 Å². The highest BCUT2D eigenvalue weighted by Gasteiger charge is 2.24. The maximum Gasteiger partial charge on any atom is 0.413 e. The van der Waals surface area contributed by atoms with Gasteiger partial charge in [0.05, 0.1) is 0 Å². The Balaban J connectivity index is 4.62. The van der Waals surface area contributed by atoms with Crippen molar-refractivity contribution in [3.8, 4) is 0 Å². The van der Waals surface area contributed by atoms with Crippen LogP contribution in [0.5, 0.6) is 0 Å². The second-order valence-electron chi connectivity index (χ2n) is 4.70. The lowest BCUT2D eigenvalue weighted by Crippen LogP contribution is -2.43. The summed E-state index contributed by atoms with van der Waals surface area (Å²) in [6, 6.07) is 0. The van der Waals surface area contributed by atoms with Crippen LogP contribution in [0.4, 0.5) is 9.59 Å². The second kappa shape index (κ2) is 8.58. The molecule has 0 aliphatic rings. The highest BCUT2D eigenvalue weighted by atomic mass is 16.7. The lowest BCUT2D eigenvalue weighted by molar-refractivity contribution is -0.157. The fourth-order valence-electron chi connectivity index (χ4n) is 1.10. The van der Waals surface area contributed by atoms with Crippen LogP contribution >= 0.6 is 0 Å². The lowest BCUT2D eigenvalue weighted by atomic mass is 10.3. The molecule has 0 aromatic carbocycles. The van der Waals surface area contributed by atoms with Gasteiger partial charge in [-0.15, -0.1) is 0 Å². The molecule has 0 saturated carbocycles. The molecule has 0 unspecified atom stereocenters. The SMILES string of the molecule is CCCCN(C)C(OC(=O)N(C)C)OC(=O)N(C)C. The Kier molecular flexibility index (Phi) is 7.90. The monoisotopic (exact) mass is 275 g/mol. The van der Waals surface area contributed by atoms with Gasteiger partial charge in [0, 0.05) is 34.7 Å². The summed E-state index contributed by atoms with van der Waals surface area (Å²) in [4.78, 5) is 27.4. The first-order valence-electron chi connectivity index (χ1n) is 6.25. The summed E-state index contributed by atoms with van der Waals surface area (Å²) in [5, 5.41) is 0. The van der Waals surface area contributed by atoms with Crippen molar-refractivity contribution in [2.45, 2.75) is 26.2 Å². The van der Waals surface area contributed by atoms with Gasteiger partial charge in [0.2, 0.25) is 0 Å². The van der Waals surface area contributed by atoms with Gasteiger partial charge in [0.1, 0.15) is 0 Å². The Hall–Kier alpha value is -1.50. The van der Waals surface area contributed by atoms with E-state index in [0.29, 0.717) is 6.54 Å². The maximum atomic E-state index is 11.6. The van der Waals surface area contributed by atoms with Crippen molar-refractivity contribution < 1.29 is 19.1 Å². The molecule has 19 heavy (non-hydrogen) atoms. The molecule has 0 aliphatic carbocycles. The number of rotatable bonds is 6. The number of carbonyl (C=O) groups excluding carboxylic acids is 2. The smallest absolute Gasteiger partial charge is 0.394 e. The number of hydrogen-bond donors (Lipinski definition) is 0. The molecule has 2 amide bonds. The number of ether oxygens (including phenoxy) is 2. The molecule has 0 aromatic rings. The standard InChI is InChI=1S/C12H25N3O4/c1-7-8-9-15(6)12(18-10(16)13(2)3)19-11(17)14(4)5/h12H,7-9H2,1-6H3. The highest BCUT2D eigenvalue weighted by Crippen LogP contribution is 2.07.